The zero-order valence-corrected chi connectivity index (χ0v) is 11.5. The number of nitriles is 1. The molecule has 5 heteroatoms. The van der Waals surface area contributed by atoms with Gasteiger partial charge >= 0.3 is 0 Å². The average molecular weight is 319 g/mol. The molecule has 0 saturated carbocycles. The largest absolute Gasteiger partial charge is 0.504 e. The number of halogens is 1. The van der Waals surface area contributed by atoms with Crippen molar-refractivity contribution in [2.45, 2.75) is 6.54 Å². The molecule has 0 unspecified atom stereocenters. The van der Waals surface area contributed by atoms with E-state index in [1.54, 1.807) is 18.2 Å². The third kappa shape index (κ3) is 3.18. The number of rotatable bonds is 3. The Morgan fingerprint density at radius 3 is 2.53 bits per heavy atom. The summed E-state index contributed by atoms with van der Waals surface area (Å²) in [6, 6.07) is 12.0. The molecular formula is C14H11BrN2O2. The molecule has 96 valence electrons. The van der Waals surface area contributed by atoms with E-state index >= 15 is 0 Å². The predicted octanol–water partition coefficient (Wildman–Crippen LogP) is 3.34. The van der Waals surface area contributed by atoms with E-state index in [9.17, 15) is 10.2 Å². The van der Waals surface area contributed by atoms with Gasteiger partial charge in [0.2, 0.25) is 0 Å². The van der Waals surface area contributed by atoms with E-state index < -0.39 is 0 Å². The van der Waals surface area contributed by atoms with Crippen LogP contribution in [0.1, 0.15) is 11.1 Å². The summed E-state index contributed by atoms with van der Waals surface area (Å²) in [7, 11) is 0. The van der Waals surface area contributed by atoms with Crippen LogP contribution in [0.15, 0.2) is 40.9 Å². The van der Waals surface area contributed by atoms with E-state index in [0.29, 0.717) is 12.1 Å². The summed E-state index contributed by atoms with van der Waals surface area (Å²) < 4.78 is 0.801. The topological polar surface area (TPSA) is 76.3 Å². The molecule has 2 rings (SSSR count). The van der Waals surface area contributed by atoms with Crippen LogP contribution in [-0.2, 0) is 6.54 Å². The Hall–Kier alpha value is -2.19. The summed E-state index contributed by atoms with van der Waals surface area (Å²) in [5, 5.41) is 30.6. The van der Waals surface area contributed by atoms with Crippen molar-refractivity contribution < 1.29 is 10.2 Å². The minimum absolute atomic E-state index is 0.136. The Balaban J connectivity index is 2.10. The molecule has 0 radical (unpaired) electrons. The molecule has 0 spiro atoms. The molecule has 4 nitrogen and oxygen atoms in total. The van der Waals surface area contributed by atoms with Gasteiger partial charge in [-0.1, -0.05) is 6.07 Å². The summed E-state index contributed by atoms with van der Waals surface area (Å²) in [6.45, 7) is 0.498. The van der Waals surface area contributed by atoms with Gasteiger partial charge in [-0.25, -0.2) is 0 Å². The highest BCUT2D eigenvalue weighted by Crippen LogP contribution is 2.27. The second-order valence-electron chi connectivity index (χ2n) is 3.98. The third-order valence-corrected chi connectivity index (χ3v) is 3.28. The van der Waals surface area contributed by atoms with Gasteiger partial charge < -0.3 is 15.5 Å². The Bertz CT molecular complexity index is 650. The molecule has 0 saturated heterocycles. The number of nitrogens with one attached hydrogen (secondary N) is 1. The first-order valence-electron chi connectivity index (χ1n) is 5.54. The second-order valence-corrected chi connectivity index (χ2v) is 4.84. The van der Waals surface area contributed by atoms with Crippen LogP contribution in [0.25, 0.3) is 0 Å². The first-order valence-corrected chi connectivity index (χ1v) is 6.34. The lowest BCUT2D eigenvalue weighted by Crippen LogP contribution is -2.00. The molecule has 0 atom stereocenters. The van der Waals surface area contributed by atoms with E-state index in [-0.39, 0.29) is 11.5 Å². The fourth-order valence-electron chi connectivity index (χ4n) is 1.60. The highest BCUT2D eigenvalue weighted by molar-refractivity contribution is 9.10. The number of phenols is 2. The molecule has 0 heterocycles. The van der Waals surface area contributed by atoms with Crippen LogP contribution in [0.4, 0.5) is 5.69 Å². The molecule has 2 aromatic rings. The number of phenolic OH excluding ortho intramolecular Hbond substituents is 2. The van der Waals surface area contributed by atoms with Crippen molar-refractivity contribution in [1.82, 2.24) is 0 Å². The number of hydrogen-bond acceptors (Lipinski definition) is 4. The Morgan fingerprint density at radius 1 is 1.11 bits per heavy atom. The van der Waals surface area contributed by atoms with Gasteiger partial charge in [-0.15, -0.1) is 0 Å². The molecule has 0 aliphatic rings. The van der Waals surface area contributed by atoms with Crippen LogP contribution >= 0.6 is 15.9 Å². The van der Waals surface area contributed by atoms with Crippen molar-refractivity contribution in [1.29, 1.82) is 5.26 Å². The van der Waals surface area contributed by atoms with Crippen molar-refractivity contribution in [3.05, 3.63) is 52.0 Å². The zero-order valence-electron chi connectivity index (χ0n) is 9.89. The lowest BCUT2D eigenvalue weighted by Gasteiger charge is -2.09. The van der Waals surface area contributed by atoms with Crippen LogP contribution in [-0.4, -0.2) is 10.2 Å². The summed E-state index contributed by atoms with van der Waals surface area (Å²) >= 11 is 3.38. The van der Waals surface area contributed by atoms with Gasteiger partial charge in [0.05, 0.1) is 11.6 Å². The molecule has 0 aromatic heterocycles. The van der Waals surface area contributed by atoms with Gasteiger partial charge in [0.1, 0.15) is 0 Å². The first-order chi connectivity index (χ1) is 9.10. The molecule has 0 aliphatic heterocycles. The van der Waals surface area contributed by atoms with Crippen LogP contribution in [0.2, 0.25) is 0 Å². The number of aromatic hydroxyl groups is 2. The van der Waals surface area contributed by atoms with E-state index in [1.165, 1.54) is 12.1 Å². The molecule has 0 bridgehead atoms. The maximum Gasteiger partial charge on any atom is 0.157 e. The normalized spacial score (nSPS) is 9.89. The lowest BCUT2D eigenvalue weighted by molar-refractivity contribution is 0.403. The van der Waals surface area contributed by atoms with Crippen molar-refractivity contribution in [2.75, 3.05) is 5.32 Å². The minimum atomic E-state index is -0.141. The summed E-state index contributed by atoms with van der Waals surface area (Å²) in [4.78, 5) is 0. The molecule has 0 fully saturated rings. The van der Waals surface area contributed by atoms with Crippen molar-refractivity contribution in [3.63, 3.8) is 0 Å². The maximum absolute atomic E-state index is 9.40. The smallest absolute Gasteiger partial charge is 0.157 e. The van der Waals surface area contributed by atoms with Gasteiger partial charge in [-0.3, -0.25) is 0 Å². The quantitative estimate of drug-likeness (QED) is 0.758. The van der Waals surface area contributed by atoms with Crippen molar-refractivity contribution >= 4 is 21.6 Å². The fourth-order valence-corrected chi connectivity index (χ4v) is 2.12. The second kappa shape index (κ2) is 5.63. The third-order valence-electron chi connectivity index (χ3n) is 2.62. The standard InChI is InChI=1S/C14H11BrN2O2/c15-11-5-9(7-16)1-3-12(11)17-8-10-2-4-13(18)14(19)6-10/h1-6,17-19H,8H2. The number of hydrogen-bond donors (Lipinski definition) is 3. The molecule has 19 heavy (non-hydrogen) atoms. The molecule has 3 N–H and O–H groups in total. The molecular weight excluding hydrogens is 308 g/mol. The average Bonchev–Trinajstić information content (AvgIpc) is 2.41. The summed E-state index contributed by atoms with van der Waals surface area (Å²) in [5.41, 5.74) is 2.28. The van der Waals surface area contributed by atoms with Crippen LogP contribution in [0.3, 0.4) is 0 Å². The number of nitrogens with zero attached hydrogens (tertiary/aromatic N) is 1. The maximum atomic E-state index is 9.40. The number of benzene rings is 2. The van der Waals surface area contributed by atoms with Gasteiger partial charge in [0, 0.05) is 16.7 Å². The van der Waals surface area contributed by atoms with Gasteiger partial charge in [-0.2, -0.15) is 5.26 Å². The molecule has 0 amide bonds. The van der Waals surface area contributed by atoms with Crippen LogP contribution < -0.4 is 5.32 Å². The van der Waals surface area contributed by atoms with Gasteiger partial charge in [0.15, 0.2) is 11.5 Å². The van der Waals surface area contributed by atoms with E-state index in [0.717, 1.165) is 15.7 Å². The first kappa shape index (κ1) is 13.2. The van der Waals surface area contributed by atoms with Gasteiger partial charge in [0.25, 0.3) is 0 Å². The van der Waals surface area contributed by atoms with E-state index in [4.69, 9.17) is 5.26 Å². The highest BCUT2D eigenvalue weighted by Gasteiger charge is 2.03. The Labute approximate surface area is 119 Å². The molecule has 0 aliphatic carbocycles. The minimum Gasteiger partial charge on any atom is -0.504 e. The van der Waals surface area contributed by atoms with Crippen LogP contribution in [0.5, 0.6) is 11.5 Å². The number of anilines is 1. The van der Waals surface area contributed by atoms with E-state index in [2.05, 4.69) is 27.3 Å². The SMILES string of the molecule is N#Cc1ccc(NCc2ccc(O)c(O)c2)c(Br)c1. The monoisotopic (exact) mass is 318 g/mol. The lowest BCUT2D eigenvalue weighted by atomic mass is 10.2. The Morgan fingerprint density at radius 2 is 1.89 bits per heavy atom. The van der Waals surface area contributed by atoms with Gasteiger partial charge in [-0.05, 0) is 51.8 Å². The van der Waals surface area contributed by atoms with Crippen molar-refractivity contribution in [2.24, 2.45) is 0 Å². The molecule has 2 aromatic carbocycles. The van der Waals surface area contributed by atoms with Crippen LogP contribution in [0, 0.1) is 11.3 Å². The predicted molar refractivity (Wildman–Crippen MR) is 76.0 cm³/mol. The summed E-state index contributed by atoms with van der Waals surface area (Å²) in [5.74, 6) is -0.276. The Kier molecular flexibility index (Phi) is 3.93. The van der Waals surface area contributed by atoms with Crippen molar-refractivity contribution in [3.8, 4) is 17.6 Å². The van der Waals surface area contributed by atoms with E-state index in [1.807, 2.05) is 6.07 Å². The summed E-state index contributed by atoms with van der Waals surface area (Å²) in [6.07, 6.45) is 0. The zero-order chi connectivity index (χ0) is 13.8. The fraction of sp³-hybridized carbons (Fsp3) is 0.0714. The highest BCUT2D eigenvalue weighted by atomic mass is 79.9.